The fourth-order valence-electron chi connectivity index (χ4n) is 1.99. The molecule has 17 heavy (non-hydrogen) atoms. The number of hydrogen-bond donors (Lipinski definition) is 3. The smallest absolute Gasteiger partial charge is 0.331 e. The Labute approximate surface area is 98.2 Å². The van der Waals surface area contributed by atoms with E-state index in [1.54, 1.807) is 0 Å². The third-order valence-electron chi connectivity index (χ3n) is 3.29. The van der Waals surface area contributed by atoms with E-state index < -0.39 is 23.0 Å². The van der Waals surface area contributed by atoms with Crippen molar-refractivity contribution >= 4 is 11.9 Å². The number of carbonyl (C=O) groups excluding carboxylic acids is 1. The largest absolute Gasteiger partial charge is 0.479 e. The summed E-state index contributed by atoms with van der Waals surface area (Å²) in [5.41, 5.74) is 3.41. The van der Waals surface area contributed by atoms with Crippen LogP contribution in [-0.4, -0.2) is 54.5 Å². The summed E-state index contributed by atoms with van der Waals surface area (Å²) in [7, 11) is 0. The maximum Gasteiger partial charge on any atom is 0.331 e. The quantitative estimate of drug-likeness (QED) is 0.555. The molecule has 2 aliphatic rings. The molecule has 0 spiro atoms. The highest BCUT2D eigenvalue weighted by Gasteiger charge is 2.48. The van der Waals surface area contributed by atoms with Gasteiger partial charge in [0, 0.05) is 19.6 Å². The number of nitrogens with one attached hydrogen (secondary N) is 1. The van der Waals surface area contributed by atoms with Gasteiger partial charge in [0.25, 0.3) is 0 Å². The monoisotopic (exact) mass is 244 g/mol. The number of hydrogen-bond acceptors (Lipinski definition) is 5. The third-order valence-corrected chi connectivity index (χ3v) is 3.29. The first kappa shape index (κ1) is 12.3. The molecule has 2 aliphatic heterocycles. The van der Waals surface area contributed by atoms with Crippen molar-refractivity contribution in [2.75, 3.05) is 26.4 Å². The highest BCUT2D eigenvalue weighted by molar-refractivity contribution is 5.92. The minimum atomic E-state index is -1.34. The molecule has 2 saturated heterocycles. The molecule has 7 heteroatoms. The van der Waals surface area contributed by atoms with Crippen LogP contribution in [0.2, 0.25) is 0 Å². The number of rotatable bonds is 3. The van der Waals surface area contributed by atoms with Gasteiger partial charge < -0.3 is 25.6 Å². The minimum absolute atomic E-state index is 0.0228. The van der Waals surface area contributed by atoms with Crippen molar-refractivity contribution in [2.45, 2.75) is 23.9 Å². The highest BCUT2D eigenvalue weighted by atomic mass is 16.5. The third kappa shape index (κ3) is 2.13. The molecule has 0 bridgehead atoms. The van der Waals surface area contributed by atoms with Crippen molar-refractivity contribution < 1.29 is 24.2 Å². The molecule has 7 nitrogen and oxygen atoms in total. The van der Waals surface area contributed by atoms with Crippen LogP contribution < -0.4 is 11.1 Å². The van der Waals surface area contributed by atoms with Crippen LogP contribution in [-0.2, 0) is 19.1 Å². The Hall–Kier alpha value is -1.18. The van der Waals surface area contributed by atoms with Gasteiger partial charge in [-0.25, -0.2) is 4.79 Å². The summed E-state index contributed by atoms with van der Waals surface area (Å²) in [5, 5.41) is 11.7. The molecule has 0 aromatic heterocycles. The van der Waals surface area contributed by atoms with Crippen LogP contribution in [0.1, 0.15) is 12.8 Å². The van der Waals surface area contributed by atoms with Crippen LogP contribution in [0.15, 0.2) is 0 Å². The Kier molecular flexibility index (Phi) is 3.07. The number of carboxylic acid groups (broad SMARTS) is 1. The van der Waals surface area contributed by atoms with E-state index in [-0.39, 0.29) is 19.6 Å². The standard InChI is InChI=1S/C10H16N2O5/c11-9(1-3-16-5-9)7(13)12-10(8(14)15)2-4-17-6-10/h1-6,11H2,(H,12,13)(H,14,15). The van der Waals surface area contributed by atoms with E-state index in [1.165, 1.54) is 0 Å². The molecule has 4 N–H and O–H groups in total. The Bertz CT molecular complexity index is 332. The Morgan fingerprint density at radius 3 is 2.29 bits per heavy atom. The molecule has 0 aromatic carbocycles. The Morgan fingerprint density at radius 1 is 1.18 bits per heavy atom. The number of ether oxygens (including phenoxy) is 2. The lowest BCUT2D eigenvalue weighted by atomic mass is 9.94. The zero-order chi connectivity index (χ0) is 12.5. The molecule has 0 radical (unpaired) electrons. The average molecular weight is 244 g/mol. The van der Waals surface area contributed by atoms with Crippen molar-refractivity contribution in [3.63, 3.8) is 0 Å². The first-order valence-corrected chi connectivity index (χ1v) is 5.49. The second-order valence-corrected chi connectivity index (χ2v) is 4.60. The lowest BCUT2D eigenvalue weighted by molar-refractivity contribution is -0.148. The lowest BCUT2D eigenvalue weighted by Gasteiger charge is -2.29. The number of nitrogens with two attached hydrogens (primary N) is 1. The van der Waals surface area contributed by atoms with Crippen molar-refractivity contribution in [3.8, 4) is 0 Å². The first-order valence-electron chi connectivity index (χ1n) is 5.49. The van der Waals surface area contributed by atoms with Gasteiger partial charge in [-0.2, -0.15) is 0 Å². The Balaban J connectivity index is 2.08. The summed E-state index contributed by atoms with van der Waals surface area (Å²) in [6.45, 7) is 0.835. The summed E-state index contributed by atoms with van der Waals surface area (Å²) in [6, 6.07) is 0. The molecule has 2 fully saturated rings. The van der Waals surface area contributed by atoms with Crippen molar-refractivity contribution in [2.24, 2.45) is 5.73 Å². The first-order chi connectivity index (χ1) is 7.99. The number of aliphatic carboxylic acids is 1. The van der Waals surface area contributed by atoms with Crippen LogP contribution in [0.5, 0.6) is 0 Å². The van der Waals surface area contributed by atoms with Gasteiger partial charge in [0.05, 0.1) is 13.2 Å². The summed E-state index contributed by atoms with van der Waals surface area (Å²) < 4.78 is 10.1. The number of carboxylic acids is 1. The minimum Gasteiger partial charge on any atom is -0.479 e. The SMILES string of the molecule is NC1(C(=O)NC2(C(=O)O)CCOC2)CCOC1. The van der Waals surface area contributed by atoms with Crippen molar-refractivity contribution in [1.82, 2.24) is 5.32 Å². The van der Waals surface area contributed by atoms with Gasteiger partial charge in [-0.15, -0.1) is 0 Å². The molecule has 0 aliphatic carbocycles. The van der Waals surface area contributed by atoms with Gasteiger partial charge in [-0.1, -0.05) is 0 Å². The maximum atomic E-state index is 12.0. The maximum absolute atomic E-state index is 12.0. The average Bonchev–Trinajstić information content (AvgIpc) is 2.88. The molecular formula is C10H16N2O5. The van der Waals surface area contributed by atoms with Gasteiger partial charge in [-0.3, -0.25) is 4.79 Å². The topological polar surface area (TPSA) is 111 Å². The second-order valence-electron chi connectivity index (χ2n) is 4.60. The van der Waals surface area contributed by atoms with Crippen molar-refractivity contribution in [3.05, 3.63) is 0 Å². The molecule has 0 aromatic rings. The van der Waals surface area contributed by atoms with Gasteiger partial charge in [0.2, 0.25) is 5.91 Å². The molecule has 2 atom stereocenters. The van der Waals surface area contributed by atoms with Gasteiger partial charge in [0.1, 0.15) is 5.54 Å². The van der Waals surface area contributed by atoms with Gasteiger partial charge in [-0.05, 0) is 6.42 Å². The fourth-order valence-corrected chi connectivity index (χ4v) is 1.99. The van der Waals surface area contributed by atoms with Gasteiger partial charge >= 0.3 is 5.97 Å². The molecule has 96 valence electrons. The fraction of sp³-hybridized carbons (Fsp3) is 0.800. The molecule has 2 unspecified atom stereocenters. The molecular weight excluding hydrogens is 228 g/mol. The van der Waals surface area contributed by atoms with E-state index in [0.717, 1.165) is 0 Å². The van der Waals surface area contributed by atoms with E-state index in [1.807, 2.05) is 0 Å². The van der Waals surface area contributed by atoms with Crippen LogP contribution in [0.25, 0.3) is 0 Å². The van der Waals surface area contributed by atoms with E-state index in [2.05, 4.69) is 5.32 Å². The normalized spacial score (nSPS) is 37.0. The van der Waals surface area contributed by atoms with Crippen molar-refractivity contribution in [1.29, 1.82) is 0 Å². The summed E-state index contributed by atoms with van der Waals surface area (Å²) in [5.74, 6) is -1.58. The molecule has 2 rings (SSSR count). The number of carbonyl (C=O) groups is 2. The summed E-state index contributed by atoms with van der Waals surface area (Å²) >= 11 is 0. The van der Waals surface area contributed by atoms with E-state index in [4.69, 9.17) is 15.2 Å². The predicted molar refractivity (Wildman–Crippen MR) is 56.3 cm³/mol. The van der Waals surface area contributed by atoms with Crippen LogP contribution >= 0.6 is 0 Å². The van der Waals surface area contributed by atoms with E-state index in [9.17, 15) is 14.7 Å². The van der Waals surface area contributed by atoms with Crippen LogP contribution in [0.3, 0.4) is 0 Å². The molecule has 2 heterocycles. The van der Waals surface area contributed by atoms with E-state index in [0.29, 0.717) is 19.6 Å². The Morgan fingerprint density at radius 2 is 1.82 bits per heavy atom. The van der Waals surface area contributed by atoms with Crippen LogP contribution in [0, 0.1) is 0 Å². The predicted octanol–water partition coefficient (Wildman–Crippen LogP) is -1.54. The second kappa shape index (κ2) is 4.25. The van der Waals surface area contributed by atoms with Crippen LogP contribution in [0.4, 0.5) is 0 Å². The lowest BCUT2D eigenvalue weighted by Crippen LogP contribution is -2.63. The molecule has 1 amide bonds. The highest BCUT2D eigenvalue weighted by Crippen LogP contribution is 2.22. The van der Waals surface area contributed by atoms with E-state index >= 15 is 0 Å². The molecule has 0 saturated carbocycles. The van der Waals surface area contributed by atoms with Gasteiger partial charge in [0.15, 0.2) is 5.54 Å². The summed E-state index contributed by atoms with van der Waals surface area (Å²) in [4.78, 5) is 23.2. The zero-order valence-corrected chi connectivity index (χ0v) is 9.40. The number of amides is 1. The zero-order valence-electron chi connectivity index (χ0n) is 9.40. The summed E-state index contributed by atoms with van der Waals surface area (Å²) in [6.07, 6.45) is 0.653.